The van der Waals surface area contributed by atoms with Gasteiger partial charge in [-0.25, -0.2) is 9.37 Å². The zero-order chi connectivity index (χ0) is 19.7. The first-order chi connectivity index (χ1) is 13.6. The summed E-state index contributed by atoms with van der Waals surface area (Å²) in [5.41, 5.74) is 2.49. The highest BCUT2D eigenvalue weighted by atomic mass is 19.1. The van der Waals surface area contributed by atoms with Gasteiger partial charge >= 0.3 is 0 Å². The molecule has 3 aromatic rings. The van der Waals surface area contributed by atoms with Gasteiger partial charge in [0.2, 0.25) is 0 Å². The van der Waals surface area contributed by atoms with E-state index >= 15 is 0 Å². The zero-order valence-corrected chi connectivity index (χ0v) is 15.3. The van der Waals surface area contributed by atoms with E-state index in [2.05, 4.69) is 4.98 Å². The second-order valence-corrected chi connectivity index (χ2v) is 7.13. The Morgan fingerprint density at radius 3 is 2.64 bits per heavy atom. The van der Waals surface area contributed by atoms with Crippen LogP contribution in [0.1, 0.15) is 16.8 Å². The van der Waals surface area contributed by atoms with Gasteiger partial charge < -0.3 is 15.1 Å². The molecule has 1 fully saturated rings. The Bertz CT molecular complexity index is 1010. The van der Waals surface area contributed by atoms with E-state index in [1.807, 2.05) is 24.3 Å². The number of pyridine rings is 1. The molecular formula is C22H21FN2O3. The molecule has 144 valence electrons. The van der Waals surface area contributed by atoms with E-state index in [0.717, 1.165) is 10.9 Å². The summed E-state index contributed by atoms with van der Waals surface area (Å²) in [6.07, 6.45) is -0.190. The first-order valence-electron chi connectivity index (χ1n) is 9.30. The van der Waals surface area contributed by atoms with Gasteiger partial charge in [0.05, 0.1) is 22.9 Å². The van der Waals surface area contributed by atoms with Crippen molar-refractivity contribution in [3.05, 3.63) is 66.0 Å². The Morgan fingerprint density at radius 1 is 1.18 bits per heavy atom. The van der Waals surface area contributed by atoms with Crippen LogP contribution in [0.25, 0.3) is 22.2 Å². The standard InChI is InChI=1S/C22H21FN2O3/c23-16-7-5-14(6-8-16)20-11-18(17-3-1-2-4-19(17)24-20)22(28)25-10-9-15(13-26)21(27)12-25/h1-8,11,15,21,26-27H,9-10,12-13H2/t15-,21-/m1/s1. The lowest BCUT2D eigenvalue weighted by molar-refractivity contribution is 0.000951. The number of aliphatic hydroxyl groups excluding tert-OH is 2. The van der Waals surface area contributed by atoms with E-state index in [9.17, 15) is 19.4 Å². The summed E-state index contributed by atoms with van der Waals surface area (Å²) in [7, 11) is 0. The number of nitrogens with zero attached hydrogens (tertiary/aromatic N) is 2. The van der Waals surface area contributed by atoms with Crippen molar-refractivity contribution in [2.75, 3.05) is 19.7 Å². The number of carbonyl (C=O) groups is 1. The number of para-hydroxylation sites is 1. The fraction of sp³-hybridized carbons (Fsp3) is 0.273. The smallest absolute Gasteiger partial charge is 0.254 e. The molecule has 0 unspecified atom stereocenters. The number of benzene rings is 2. The maximum Gasteiger partial charge on any atom is 0.254 e. The van der Waals surface area contributed by atoms with Crippen LogP contribution in [0.3, 0.4) is 0 Å². The van der Waals surface area contributed by atoms with Crippen molar-refractivity contribution in [1.82, 2.24) is 9.88 Å². The highest BCUT2D eigenvalue weighted by Crippen LogP contribution is 2.27. The topological polar surface area (TPSA) is 73.7 Å². The van der Waals surface area contributed by atoms with Gasteiger partial charge in [-0.15, -0.1) is 0 Å². The molecular weight excluding hydrogens is 359 g/mol. The lowest BCUT2D eigenvalue weighted by Gasteiger charge is -2.35. The van der Waals surface area contributed by atoms with E-state index in [4.69, 9.17) is 0 Å². The number of amides is 1. The van der Waals surface area contributed by atoms with Crippen molar-refractivity contribution in [1.29, 1.82) is 0 Å². The Hall–Kier alpha value is -2.83. The number of hydrogen-bond acceptors (Lipinski definition) is 4. The minimum atomic E-state index is -0.743. The number of piperidine rings is 1. The van der Waals surface area contributed by atoms with E-state index in [1.54, 1.807) is 23.1 Å². The summed E-state index contributed by atoms with van der Waals surface area (Å²) in [6, 6.07) is 15.1. The number of halogens is 1. The maximum atomic E-state index is 13.3. The molecule has 2 heterocycles. The van der Waals surface area contributed by atoms with Crippen LogP contribution in [0.4, 0.5) is 4.39 Å². The lowest BCUT2D eigenvalue weighted by atomic mass is 9.94. The van der Waals surface area contributed by atoms with Crippen molar-refractivity contribution in [3.8, 4) is 11.3 Å². The molecule has 0 saturated carbocycles. The van der Waals surface area contributed by atoms with Crippen LogP contribution in [-0.2, 0) is 0 Å². The predicted octanol–water partition coefficient (Wildman–Crippen LogP) is 2.86. The largest absolute Gasteiger partial charge is 0.396 e. The highest BCUT2D eigenvalue weighted by molar-refractivity contribution is 6.07. The molecule has 1 amide bonds. The summed E-state index contributed by atoms with van der Waals surface area (Å²) in [4.78, 5) is 19.5. The van der Waals surface area contributed by atoms with Crippen LogP contribution < -0.4 is 0 Å². The normalized spacial score (nSPS) is 19.8. The third-order valence-electron chi connectivity index (χ3n) is 5.33. The summed E-state index contributed by atoms with van der Waals surface area (Å²) in [6.45, 7) is 0.576. The van der Waals surface area contributed by atoms with Crippen molar-refractivity contribution in [2.24, 2.45) is 5.92 Å². The fourth-order valence-corrected chi connectivity index (χ4v) is 3.67. The first-order valence-corrected chi connectivity index (χ1v) is 9.30. The molecule has 0 bridgehead atoms. The van der Waals surface area contributed by atoms with Gasteiger partial charge in [-0.1, -0.05) is 18.2 Å². The summed E-state index contributed by atoms with van der Waals surface area (Å²) in [5.74, 6) is -0.716. The van der Waals surface area contributed by atoms with E-state index < -0.39 is 6.10 Å². The van der Waals surface area contributed by atoms with Crippen LogP contribution >= 0.6 is 0 Å². The van der Waals surface area contributed by atoms with E-state index in [-0.39, 0.29) is 30.8 Å². The molecule has 2 N–H and O–H groups in total. The zero-order valence-electron chi connectivity index (χ0n) is 15.3. The highest BCUT2D eigenvalue weighted by Gasteiger charge is 2.31. The van der Waals surface area contributed by atoms with Gasteiger partial charge in [0.25, 0.3) is 5.91 Å². The fourth-order valence-electron chi connectivity index (χ4n) is 3.67. The number of carbonyl (C=O) groups excluding carboxylic acids is 1. The van der Waals surface area contributed by atoms with Gasteiger partial charge in [-0.2, -0.15) is 0 Å². The van der Waals surface area contributed by atoms with Gasteiger partial charge in [0.15, 0.2) is 0 Å². The average molecular weight is 380 g/mol. The van der Waals surface area contributed by atoms with Crippen molar-refractivity contribution in [3.63, 3.8) is 0 Å². The van der Waals surface area contributed by atoms with Crippen molar-refractivity contribution in [2.45, 2.75) is 12.5 Å². The molecule has 1 aliphatic rings. The Labute approximate surface area is 162 Å². The van der Waals surface area contributed by atoms with Gasteiger partial charge in [0.1, 0.15) is 5.82 Å². The third kappa shape index (κ3) is 3.48. The summed E-state index contributed by atoms with van der Waals surface area (Å²) < 4.78 is 13.3. The molecule has 2 aromatic carbocycles. The van der Waals surface area contributed by atoms with Gasteiger partial charge in [0, 0.05) is 36.6 Å². The number of aromatic nitrogens is 1. The Kier molecular flexibility index (Phi) is 5.07. The number of fused-ring (bicyclic) bond motifs is 1. The van der Waals surface area contributed by atoms with Crippen LogP contribution in [0.2, 0.25) is 0 Å². The molecule has 0 radical (unpaired) electrons. The number of β-amino-alcohol motifs (C(OH)–C–C–N with tert-alkyl or cyclic N) is 1. The quantitative estimate of drug-likeness (QED) is 0.733. The van der Waals surface area contributed by atoms with Gasteiger partial charge in [-0.3, -0.25) is 4.79 Å². The van der Waals surface area contributed by atoms with Crippen LogP contribution in [0.5, 0.6) is 0 Å². The van der Waals surface area contributed by atoms with Crippen LogP contribution in [0, 0.1) is 11.7 Å². The van der Waals surface area contributed by atoms with E-state index in [0.29, 0.717) is 29.7 Å². The molecule has 0 aliphatic carbocycles. The minimum Gasteiger partial charge on any atom is -0.396 e. The molecule has 0 spiro atoms. The third-order valence-corrected chi connectivity index (χ3v) is 5.33. The van der Waals surface area contributed by atoms with Crippen LogP contribution in [-0.4, -0.2) is 51.8 Å². The van der Waals surface area contributed by atoms with Crippen molar-refractivity contribution < 1.29 is 19.4 Å². The molecule has 28 heavy (non-hydrogen) atoms. The Morgan fingerprint density at radius 2 is 1.93 bits per heavy atom. The van der Waals surface area contributed by atoms with Gasteiger partial charge in [-0.05, 0) is 42.8 Å². The number of rotatable bonds is 3. The lowest BCUT2D eigenvalue weighted by Crippen LogP contribution is -2.47. The molecule has 2 atom stereocenters. The molecule has 1 aromatic heterocycles. The molecule has 6 heteroatoms. The van der Waals surface area contributed by atoms with Crippen LogP contribution in [0.15, 0.2) is 54.6 Å². The molecule has 1 aliphatic heterocycles. The molecule has 4 rings (SSSR count). The SMILES string of the molecule is O=C(c1cc(-c2ccc(F)cc2)nc2ccccc12)N1CC[C@H](CO)[C@H](O)C1. The maximum absolute atomic E-state index is 13.3. The first kappa shape index (κ1) is 18.5. The number of aliphatic hydroxyl groups is 2. The number of likely N-dealkylation sites (tertiary alicyclic amines) is 1. The Balaban J connectivity index is 1.75. The molecule has 5 nitrogen and oxygen atoms in total. The second kappa shape index (κ2) is 7.66. The molecule has 1 saturated heterocycles. The van der Waals surface area contributed by atoms with E-state index in [1.165, 1.54) is 12.1 Å². The minimum absolute atomic E-state index is 0.0872. The monoisotopic (exact) mass is 380 g/mol. The number of hydrogen-bond donors (Lipinski definition) is 2. The average Bonchev–Trinajstić information content (AvgIpc) is 2.73. The summed E-state index contributed by atoms with van der Waals surface area (Å²) >= 11 is 0. The predicted molar refractivity (Wildman–Crippen MR) is 104 cm³/mol. The summed E-state index contributed by atoms with van der Waals surface area (Å²) in [5, 5.41) is 20.3. The second-order valence-electron chi connectivity index (χ2n) is 7.13. The van der Waals surface area contributed by atoms with Crippen molar-refractivity contribution >= 4 is 16.8 Å².